The van der Waals surface area contributed by atoms with Crippen molar-refractivity contribution in [2.45, 2.75) is 51.2 Å². The van der Waals surface area contributed by atoms with Crippen LogP contribution in [0.2, 0.25) is 0 Å². The van der Waals surface area contributed by atoms with Crippen molar-refractivity contribution in [2.24, 2.45) is 0 Å². The Morgan fingerprint density at radius 3 is 2.86 bits per heavy atom. The van der Waals surface area contributed by atoms with Gasteiger partial charge in [-0.15, -0.1) is 0 Å². The third-order valence-electron chi connectivity index (χ3n) is 5.61. The van der Waals surface area contributed by atoms with Crippen LogP contribution in [-0.4, -0.2) is 38.2 Å². The van der Waals surface area contributed by atoms with Gasteiger partial charge in [-0.3, -0.25) is 4.98 Å². The van der Waals surface area contributed by atoms with E-state index >= 15 is 0 Å². The summed E-state index contributed by atoms with van der Waals surface area (Å²) in [7, 11) is 0. The Morgan fingerprint density at radius 1 is 1.18 bits per heavy atom. The van der Waals surface area contributed by atoms with Crippen molar-refractivity contribution >= 4 is 28.6 Å². The molecule has 2 aromatic heterocycles. The molecule has 0 saturated heterocycles. The van der Waals surface area contributed by atoms with Gasteiger partial charge in [0.15, 0.2) is 0 Å². The summed E-state index contributed by atoms with van der Waals surface area (Å²) in [6, 6.07) is 10.5. The zero-order valence-corrected chi connectivity index (χ0v) is 15.7. The van der Waals surface area contributed by atoms with E-state index < -0.39 is 6.35 Å². The molecule has 1 aliphatic carbocycles. The molecule has 3 aromatic rings. The first kappa shape index (κ1) is 17.2. The minimum absolute atomic E-state index is 0.410. The lowest BCUT2D eigenvalue weighted by Gasteiger charge is -2.28. The molecule has 0 radical (unpaired) electrons. The highest BCUT2D eigenvalue weighted by Gasteiger charge is 2.43. The summed E-state index contributed by atoms with van der Waals surface area (Å²) < 4.78 is 2.22. The number of aliphatic hydroxyl groups is 1. The van der Waals surface area contributed by atoms with E-state index in [-0.39, 0.29) is 0 Å². The fraction of sp³-hybridized carbons (Fsp3) is 0.381. The average molecular weight is 376 g/mol. The normalized spacial score (nSPS) is 18.7. The van der Waals surface area contributed by atoms with Gasteiger partial charge < -0.3 is 24.9 Å². The molecule has 1 fully saturated rings. The van der Waals surface area contributed by atoms with Crippen LogP contribution in [0.15, 0.2) is 42.7 Å². The Kier molecular flexibility index (Phi) is 4.24. The van der Waals surface area contributed by atoms with E-state index in [9.17, 15) is 5.11 Å². The van der Waals surface area contributed by atoms with Gasteiger partial charge in [0.05, 0.1) is 35.1 Å². The summed E-state index contributed by atoms with van der Waals surface area (Å²) in [5, 5.41) is 18.4. The number of rotatable bonds is 7. The Balaban J connectivity index is 1.51. The van der Waals surface area contributed by atoms with Crippen LogP contribution >= 0.6 is 0 Å². The Labute approximate surface area is 163 Å². The van der Waals surface area contributed by atoms with E-state index in [1.807, 2.05) is 35.4 Å². The number of hydrogen-bond donors (Lipinski definition) is 2. The number of nitrogens with one attached hydrogen (secondary N) is 1. The van der Waals surface area contributed by atoms with E-state index in [0.717, 1.165) is 60.5 Å². The fourth-order valence-electron chi connectivity index (χ4n) is 4.12. The highest BCUT2D eigenvalue weighted by molar-refractivity contribution is 5.78. The van der Waals surface area contributed by atoms with E-state index in [1.54, 1.807) is 6.20 Å². The number of imidazole rings is 1. The average Bonchev–Trinajstić information content (AvgIpc) is 3.43. The van der Waals surface area contributed by atoms with Gasteiger partial charge >= 0.3 is 0 Å². The molecule has 1 saturated carbocycles. The van der Waals surface area contributed by atoms with Gasteiger partial charge in [0, 0.05) is 18.8 Å². The van der Waals surface area contributed by atoms with Crippen molar-refractivity contribution in [3.63, 3.8) is 0 Å². The van der Waals surface area contributed by atoms with Crippen molar-refractivity contribution in [3.8, 4) is 0 Å². The number of para-hydroxylation sites is 2. The van der Waals surface area contributed by atoms with Crippen LogP contribution in [0.25, 0.3) is 11.0 Å². The molecule has 7 nitrogen and oxygen atoms in total. The highest BCUT2D eigenvalue weighted by Crippen LogP contribution is 2.45. The minimum Gasteiger partial charge on any atom is -0.356 e. The molecule has 7 heteroatoms. The van der Waals surface area contributed by atoms with Gasteiger partial charge in [0.2, 0.25) is 6.35 Å². The van der Waals surface area contributed by atoms with Crippen LogP contribution in [-0.2, 0) is 13.1 Å². The second-order valence-corrected chi connectivity index (χ2v) is 7.49. The monoisotopic (exact) mass is 376 g/mol. The van der Waals surface area contributed by atoms with E-state index in [4.69, 9.17) is 10.4 Å². The molecule has 28 heavy (non-hydrogen) atoms. The first-order valence-corrected chi connectivity index (χ1v) is 9.88. The second-order valence-electron chi connectivity index (χ2n) is 7.49. The molecule has 0 amide bonds. The summed E-state index contributed by atoms with van der Waals surface area (Å²) in [4.78, 5) is 13.3. The van der Waals surface area contributed by atoms with E-state index in [2.05, 4.69) is 20.5 Å². The molecule has 3 heterocycles. The molecule has 1 aliphatic heterocycles. The summed E-state index contributed by atoms with van der Waals surface area (Å²) in [6.07, 6.45) is 8.27. The third-order valence-corrected chi connectivity index (χ3v) is 5.61. The van der Waals surface area contributed by atoms with Gasteiger partial charge in [-0.05, 0) is 50.1 Å². The fourth-order valence-corrected chi connectivity index (χ4v) is 4.12. The number of unbranched alkanes of at least 4 members (excludes halogenated alkanes) is 1. The standard InChI is InChI=1S/C21H24N6O/c22-10-3-4-12-25-17-6-2-1-5-16(17)24-20(25)14-26-19-13-23-11-9-18(19)27(21(26)28)15-7-8-15/h1-2,5-6,9-11,13,15,21-22,28H,3-4,7-8,12,14H2. The maximum atomic E-state index is 11.1. The predicted molar refractivity (Wildman–Crippen MR) is 110 cm³/mol. The van der Waals surface area contributed by atoms with Crippen molar-refractivity contribution < 1.29 is 5.11 Å². The molecule has 2 N–H and O–H groups in total. The van der Waals surface area contributed by atoms with Crippen LogP contribution in [0.1, 0.15) is 31.5 Å². The first-order valence-electron chi connectivity index (χ1n) is 9.88. The predicted octanol–water partition coefficient (Wildman–Crippen LogP) is 3.13. The zero-order valence-electron chi connectivity index (χ0n) is 15.7. The largest absolute Gasteiger partial charge is 0.356 e. The number of benzene rings is 1. The van der Waals surface area contributed by atoms with Crippen LogP contribution in [0, 0.1) is 5.41 Å². The number of aliphatic hydroxyl groups excluding tert-OH is 1. The van der Waals surface area contributed by atoms with Crippen LogP contribution < -0.4 is 9.80 Å². The highest BCUT2D eigenvalue weighted by atomic mass is 16.3. The molecule has 5 rings (SSSR count). The molecule has 2 aliphatic rings. The number of nitrogens with zero attached hydrogens (tertiary/aromatic N) is 5. The number of hydrogen-bond acceptors (Lipinski definition) is 6. The van der Waals surface area contributed by atoms with Crippen molar-refractivity contribution in [2.75, 3.05) is 9.80 Å². The second kappa shape index (κ2) is 6.91. The molecule has 1 atom stereocenters. The van der Waals surface area contributed by atoms with Crippen molar-refractivity contribution in [3.05, 3.63) is 48.5 Å². The lowest BCUT2D eigenvalue weighted by atomic mass is 10.3. The topological polar surface area (TPSA) is 81.3 Å². The quantitative estimate of drug-likeness (QED) is 0.489. The smallest absolute Gasteiger partial charge is 0.208 e. The minimum atomic E-state index is -0.693. The number of fused-ring (bicyclic) bond motifs is 2. The molecule has 1 unspecified atom stereocenters. The Hall–Kier alpha value is -2.93. The summed E-state index contributed by atoms with van der Waals surface area (Å²) in [5.74, 6) is 0.928. The number of aryl methyl sites for hydroxylation is 1. The third kappa shape index (κ3) is 2.82. The summed E-state index contributed by atoms with van der Waals surface area (Å²) >= 11 is 0. The van der Waals surface area contributed by atoms with Crippen molar-refractivity contribution in [1.29, 1.82) is 5.41 Å². The van der Waals surface area contributed by atoms with Gasteiger partial charge in [0.25, 0.3) is 0 Å². The van der Waals surface area contributed by atoms with E-state index in [0.29, 0.717) is 12.6 Å². The Bertz CT molecular complexity index is 1010. The van der Waals surface area contributed by atoms with Crippen LogP contribution in [0.3, 0.4) is 0 Å². The SMILES string of the molecule is N=CCCCn1c(CN2c3cnccc3N(C3CC3)C2O)nc2ccccc21. The summed E-state index contributed by atoms with van der Waals surface area (Å²) in [6.45, 7) is 1.32. The molecular weight excluding hydrogens is 352 g/mol. The number of pyridine rings is 1. The first-order chi connectivity index (χ1) is 13.8. The maximum Gasteiger partial charge on any atom is 0.208 e. The van der Waals surface area contributed by atoms with Gasteiger partial charge in [0.1, 0.15) is 5.82 Å². The zero-order chi connectivity index (χ0) is 19.1. The molecule has 0 bridgehead atoms. The maximum absolute atomic E-state index is 11.1. The molecular formula is C21H24N6O. The van der Waals surface area contributed by atoms with Gasteiger partial charge in [-0.2, -0.15) is 0 Å². The van der Waals surface area contributed by atoms with Crippen molar-refractivity contribution in [1.82, 2.24) is 14.5 Å². The molecule has 0 spiro atoms. The lowest BCUT2D eigenvalue weighted by Crippen LogP contribution is -2.44. The molecule has 144 valence electrons. The summed E-state index contributed by atoms with van der Waals surface area (Å²) in [5.41, 5.74) is 4.07. The number of anilines is 2. The van der Waals surface area contributed by atoms with E-state index in [1.165, 1.54) is 6.21 Å². The van der Waals surface area contributed by atoms with Gasteiger partial charge in [-0.1, -0.05) is 12.1 Å². The van der Waals surface area contributed by atoms with Gasteiger partial charge in [-0.25, -0.2) is 4.98 Å². The lowest BCUT2D eigenvalue weighted by molar-refractivity contribution is 0.167. The Morgan fingerprint density at radius 2 is 2.04 bits per heavy atom. The number of aromatic nitrogens is 3. The molecule has 1 aromatic carbocycles. The van der Waals surface area contributed by atoms with Crippen LogP contribution in [0.5, 0.6) is 0 Å². The van der Waals surface area contributed by atoms with Crippen LogP contribution in [0.4, 0.5) is 11.4 Å².